The Morgan fingerprint density at radius 2 is 2.00 bits per heavy atom. The first-order valence-corrected chi connectivity index (χ1v) is 6.76. The molecule has 2 rings (SSSR count). The summed E-state index contributed by atoms with van der Waals surface area (Å²) < 4.78 is 5.30. The van der Waals surface area contributed by atoms with E-state index in [1.54, 1.807) is 11.0 Å². The molecule has 106 valence electrons. The fourth-order valence-electron chi connectivity index (χ4n) is 2.15. The standard InChI is InChI=1S/C16H19NO3/c1-2-15-14(8-11-20-15)16(19)17(9-10-18)12-13-6-4-3-5-7-13/h3-8,11,18H,2,9-10,12H2,1H3. The van der Waals surface area contributed by atoms with Crippen LogP contribution in [0.5, 0.6) is 0 Å². The molecule has 1 heterocycles. The maximum Gasteiger partial charge on any atom is 0.257 e. The zero-order valence-electron chi connectivity index (χ0n) is 11.6. The van der Waals surface area contributed by atoms with Crippen LogP contribution in [0.25, 0.3) is 0 Å². The number of hydrogen-bond acceptors (Lipinski definition) is 3. The van der Waals surface area contributed by atoms with E-state index in [0.717, 1.165) is 5.56 Å². The van der Waals surface area contributed by atoms with Crippen molar-refractivity contribution >= 4 is 5.91 Å². The van der Waals surface area contributed by atoms with Crippen LogP contribution < -0.4 is 0 Å². The van der Waals surface area contributed by atoms with Crippen LogP contribution in [0.1, 0.15) is 28.6 Å². The molecule has 1 aromatic heterocycles. The van der Waals surface area contributed by atoms with Gasteiger partial charge in [0.15, 0.2) is 0 Å². The Balaban J connectivity index is 2.18. The van der Waals surface area contributed by atoms with Gasteiger partial charge in [-0.2, -0.15) is 0 Å². The molecule has 0 saturated heterocycles. The number of aliphatic hydroxyl groups is 1. The van der Waals surface area contributed by atoms with Gasteiger partial charge in [-0.1, -0.05) is 37.3 Å². The predicted molar refractivity (Wildman–Crippen MR) is 76.4 cm³/mol. The fraction of sp³-hybridized carbons (Fsp3) is 0.312. The molecule has 4 nitrogen and oxygen atoms in total. The number of amides is 1. The lowest BCUT2D eigenvalue weighted by molar-refractivity contribution is 0.0705. The number of nitrogens with zero attached hydrogens (tertiary/aromatic N) is 1. The van der Waals surface area contributed by atoms with Crippen LogP contribution in [-0.2, 0) is 13.0 Å². The van der Waals surface area contributed by atoms with Crippen molar-refractivity contribution in [1.29, 1.82) is 0 Å². The third-order valence-electron chi connectivity index (χ3n) is 3.17. The number of aryl methyl sites for hydroxylation is 1. The van der Waals surface area contributed by atoms with Gasteiger partial charge in [-0.05, 0) is 11.6 Å². The van der Waals surface area contributed by atoms with Gasteiger partial charge in [0.2, 0.25) is 0 Å². The van der Waals surface area contributed by atoms with Gasteiger partial charge in [0.25, 0.3) is 5.91 Å². The number of benzene rings is 1. The lowest BCUT2D eigenvalue weighted by Crippen LogP contribution is -2.33. The first kappa shape index (κ1) is 14.3. The molecule has 1 amide bonds. The second-order valence-corrected chi connectivity index (χ2v) is 4.55. The zero-order chi connectivity index (χ0) is 14.4. The Bertz CT molecular complexity index is 548. The topological polar surface area (TPSA) is 53.7 Å². The molecule has 4 heteroatoms. The van der Waals surface area contributed by atoms with Crippen LogP contribution in [-0.4, -0.2) is 29.1 Å². The molecule has 1 N–H and O–H groups in total. The second-order valence-electron chi connectivity index (χ2n) is 4.55. The summed E-state index contributed by atoms with van der Waals surface area (Å²) in [6.07, 6.45) is 2.21. The van der Waals surface area contributed by atoms with Crippen LogP contribution in [0.15, 0.2) is 47.1 Å². The van der Waals surface area contributed by atoms with E-state index in [2.05, 4.69) is 0 Å². The Morgan fingerprint density at radius 1 is 1.25 bits per heavy atom. The second kappa shape index (κ2) is 6.91. The van der Waals surface area contributed by atoms with Crippen molar-refractivity contribution in [2.24, 2.45) is 0 Å². The van der Waals surface area contributed by atoms with Crippen molar-refractivity contribution in [2.75, 3.05) is 13.2 Å². The highest BCUT2D eigenvalue weighted by atomic mass is 16.3. The zero-order valence-corrected chi connectivity index (χ0v) is 11.6. The van der Waals surface area contributed by atoms with E-state index in [1.165, 1.54) is 6.26 Å². The van der Waals surface area contributed by atoms with E-state index >= 15 is 0 Å². The highest BCUT2D eigenvalue weighted by molar-refractivity contribution is 5.95. The van der Waals surface area contributed by atoms with Gasteiger partial charge in [0.1, 0.15) is 5.76 Å². The highest BCUT2D eigenvalue weighted by Gasteiger charge is 2.20. The smallest absolute Gasteiger partial charge is 0.257 e. The summed E-state index contributed by atoms with van der Waals surface area (Å²) in [4.78, 5) is 14.2. The number of aliphatic hydroxyl groups excluding tert-OH is 1. The molecule has 1 aromatic carbocycles. The van der Waals surface area contributed by atoms with E-state index in [9.17, 15) is 9.90 Å². The molecule has 20 heavy (non-hydrogen) atoms. The SMILES string of the molecule is CCc1occc1C(=O)N(CCO)Cc1ccccc1. The van der Waals surface area contributed by atoms with Gasteiger partial charge < -0.3 is 14.4 Å². The molecule has 2 aromatic rings. The minimum atomic E-state index is -0.103. The predicted octanol–water partition coefficient (Wildman–Crippen LogP) is 2.48. The molecule has 0 aliphatic rings. The number of carbonyl (C=O) groups excluding carboxylic acids is 1. The summed E-state index contributed by atoms with van der Waals surface area (Å²) in [7, 11) is 0. The van der Waals surface area contributed by atoms with Gasteiger partial charge in [0.05, 0.1) is 18.4 Å². The Hall–Kier alpha value is -2.07. The molecule has 0 bridgehead atoms. The van der Waals surface area contributed by atoms with Crippen molar-refractivity contribution in [3.63, 3.8) is 0 Å². The van der Waals surface area contributed by atoms with Gasteiger partial charge in [-0.25, -0.2) is 0 Å². The van der Waals surface area contributed by atoms with Crippen molar-refractivity contribution in [1.82, 2.24) is 4.90 Å². The molecule has 0 unspecified atom stereocenters. The van der Waals surface area contributed by atoms with Gasteiger partial charge in [-0.3, -0.25) is 4.79 Å². The van der Waals surface area contributed by atoms with Crippen molar-refractivity contribution < 1.29 is 14.3 Å². The number of carbonyl (C=O) groups is 1. The van der Waals surface area contributed by atoms with Crippen LogP contribution in [0.4, 0.5) is 0 Å². The maximum absolute atomic E-state index is 12.5. The minimum Gasteiger partial charge on any atom is -0.469 e. The molecular weight excluding hydrogens is 254 g/mol. The van der Waals surface area contributed by atoms with Crippen molar-refractivity contribution in [3.8, 4) is 0 Å². The van der Waals surface area contributed by atoms with Crippen LogP contribution in [0.2, 0.25) is 0 Å². The van der Waals surface area contributed by atoms with Gasteiger partial charge >= 0.3 is 0 Å². The molecule has 0 saturated carbocycles. The minimum absolute atomic E-state index is 0.0577. The first-order valence-electron chi connectivity index (χ1n) is 6.76. The van der Waals surface area contributed by atoms with E-state index < -0.39 is 0 Å². The van der Waals surface area contributed by atoms with Crippen LogP contribution in [0, 0.1) is 0 Å². The Labute approximate surface area is 118 Å². The van der Waals surface area contributed by atoms with Crippen molar-refractivity contribution in [2.45, 2.75) is 19.9 Å². The third-order valence-corrected chi connectivity index (χ3v) is 3.17. The monoisotopic (exact) mass is 273 g/mol. The molecular formula is C16H19NO3. The molecule has 0 atom stereocenters. The lowest BCUT2D eigenvalue weighted by atomic mass is 10.1. The molecule has 0 spiro atoms. The molecule has 0 aliphatic carbocycles. The maximum atomic E-state index is 12.5. The largest absolute Gasteiger partial charge is 0.469 e. The average Bonchev–Trinajstić information content (AvgIpc) is 2.95. The van der Waals surface area contributed by atoms with Gasteiger partial charge in [0, 0.05) is 19.5 Å². The summed E-state index contributed by atoms with van der Waals surface area (Å²) in [5.74, 6) is 0.583. The Morgan fingerprint density at radius 3 is 2.65 bits per heavy atom. The molecule has 0 radical (unpaired) electrons. The van der Waals surface area contributed by atoms with Crippen molar-refractivity contribution in [3.05, 3.63) is 59.5 Å². The summed E-state index contributed by atoms with van der Waals surface area (Å²) in [5.41, 5.74) is 1.62. The highest BCUT2D eigenvalue weighted by Crippen LogP contribution is 2.16. The summed E-state index contributed by atoms with van der Waals surface area (Å²) >= 11 is 0. The first-order chi connectivity index (χ1) is 9.76. The molecule has 0 aliphatic heterocycles. The normalized spacial score (nSPS) is 10.5. The fourth-order valence-corrected chi connectivity index (χ4v) is 2.15. The van der Waals surface area contributed by atoms with Gasteiger partial charge in [-0.15, -0.1) is 0 Å². The summed E-state index contributed by atoms with van der Waals surface area (Å²) in [5, 5.41) is 9.17. The van der Waals surface area contributed by atoms with E-state index in [1.807, 2.05) is 37.3 Å². The lowest BCUT2D eigenvalue weighted by Gasteiger charge is -2.21. The third kappa shape index (κ3) is 3.27. The molecule has 0 fully saturated rings. The van der Waals surface area contributed by atoms with Crippen LogP contribution >= 0.6 is 0 Å². The van der Waals surface area contributed by atoms with E-state index in [0.29, 0.717) is 30.8 Å². The number of hydrogen-bond donors (Lipinski definition) is 1. The number of furan rings is 1. The summed E-state index contributed by atoms with van der Waals surface area (Å²) in [6, 6.07) is 11.4. The quantitative estimate of drug-likeness (QED) is 0.879. The Kier molecular flexibility index (Phi) is 4.96. The number of rotatable bonds is 6. The van der Waals surface area contributed by atoms with E-state index in [-0.39, 0.29) is 12.5 Å². The average molecular weight is 273 g/mol. The summed E-state index contributed by atoms with van der Waals surface area (Å²) in [6.45, 7) is 2.68. The van der Waals surface area contributed by atoms with Crippen LogP contribution in [0.3, 0.4) is 0 Å². The van der Waals surface area contributed by atoms with E-state index in [4.69, 9.17) is 4.42 Å².